The van der Waals surface area contributed by atoms with Gasteiger partial charge in [-0.05, 0) is 18.6 Å². The molecule has 92 valence electrons. The maximum absolute atomic E-state index is 12.2. The highest BCUT2D eigenvalue weighted by Gasteiger charge is 2.20. The van der Waals surface area contributed by atoms with Crippen LogP contribution in [-0.2, 0) is 11.2 Å². The number of hydrogen-bond donors (Lipinski definition) is 1. The lowest BCUT2D eigenvalue weighted by Gasteiger charge is -2.18. The van der Waals surface area contributed by atoms with Gasteiger partial charge in [0.25, 0.3) is 5.91 Å². The third kappa shape index (κ3) is 2.85. The fourth-order valence-electron chi connectivity index (χ4n) is 1.81. The first-order chi connectivity index (χ1) is 8.20. The molecule has 1 aromatic rings. The summed E-state index contributed by atoms with van der Waals surface area (Å²) in [5, 5.41) is 2.77. The average Bonchev–Trinajstić information content (AvgIpc) is 2.71. The number of amides is 2. The van der Waals surface area contributed by atoms with Crippen LogP contribution in [0.1, 0.15) is 27.9 Å². The Labute approximate surface area is 105 Å². The number of nitrogens with zero attached hydrogens (tertiary/aromatic N) is 1. The lowest BCUT2D eigenvalue weighted by molar-refractivity contribution is -0.120. The van der Waals surface area contributed by atoms with Crippen LogP contribution >= 0.6 is 11.3 Å². The molecule has 0 aliphatic carbocycles. The smallest absolute Gasteiger partial charge is 0.264 e. The minimum atomic E-state index is 0.0285. The van der Waals surface area contributed by atoms with Gasteiger partial charge in [0.1, 0.15) is 0 Å². The highest BCUT2D eigenvalue weighted by Crippen LogP contribution is 2.19. The molecule has 2 rings (SSSR count). The Kier molecular flexibility index (Phi) is 3.78. The Hall–Kier alpha value is -1.36. The van der Waals surface area contributed by atoms with E-state index in [9.17, 15) is 9.59 Å². The summed E-state index contributed by atoms with van der Waals surface area (Å²) in [6.07, 6.45) is 1.36. The lowest BCUT2D eigenvalue weighted by atomic mass is 10.3. The van der Waals surface area contributed by atoms with E-state index in [0.29, 0.717) is 26.1 Å². The fraction of sp³-hybridized carbons (Fsp3) is 0.500. The van der Waals surface area contributed by atoms with Crippen molar-refractivity contribution >= 4 is 23.2 Å². The van der Waals surface area contributed by atoms with E-state index in [0.717, 1.165) is 11.3 Å². The first kappa shape index (κ1) is 12.1. The Bertz CT molecular complexity index is 428. The van der Waals surface area contributed by atoms with E-state index < -0.39 is 0 Å². The number of hydrogen-bond acceptors (Lipinski definition) is 3. The summed E-state index contributed by atoms with van der Waals surface area (Å²) < 4.78 is 0. The second-order valence-electron chi connectivity index (χ2n) is 4.01. The van der Waals surface area contributed by atoms with Crippen LogP contribution in [0.3, 0.4) is 0 Å². The number of carbonyl (C=O) groups is 2. The molecule has 0 saturated carbocycles. The number of rotatable bonds is 2. The van der Waals surface area contributed by atoms with Crippen molar-refractivity contribution < 1.29 is 9.59 Å². The molecule has 1 saturated heterocycles. The summed E-state index contributed by atoms with van der Waals surface area (Å²) in [6, 6.07) is 3.88. The maximum atomic E-state index is 12.2. The molecule has 5 heteroatoms. The topological polar surface area (TPSA) is 49.4 Å². The van der Waals surface area contributed by atoms with Gasteiger partial charge in [-0.3, -0.25) is 9.59 Å². The highest BCUT2D eigenvalue weighted by molar-refractivity contribution is 7.14. The molecule has 1 aliphatic heterocycles. The van der Waals surface area contributed by atoms with Gasteiger partial charge in [0.2, 0.25) is 5.91 Å². The minimum Gasteiger partial charge on any atom is -0.354 e. The monoisotopic (exact) mass is 252 g/mol. The van der Waals surface area contributed by atoms with Crippen LogP contribution in [0.25, 0.3) is 0 Å². The number of thiophene rings is 1. The van der Waals surface area contributed by atoms with Crippen molar-refractivity contribution in [1.29, 1.82) is 0 Å². The van der Waals surface area contributed by atoms with E-state index in [1.165, 1.54) is 4.88 Å². The van der Waals surface area contributed by atoms with Gasteiger partial charge in [-0.15, -0.1) is 11.3 Å². The Morgan fingerprint density at radius 1 is 1.47 bits per heavy atom. The summed E-state index contributed by atoms with van der Waals surface area (Å²) >= 11 is 1.55. The van der Waals surface area contributed by atoms with Gasteiger partial charge in [0.05, 0.1) is 4.88 Å². The van der Waals surface area contributed by atoms with Gasteiger partial charge in [0.15, 0.2) is 0 Å². The summed E-state index contributed by atoms with van der Waals surface area (Å²) in [7, 11) is 0. The molecule has 17 heavy (non-hydrogen) atoms. The highest BCUT2D eigenvalue weighted by atomic mass is 32.1. The van der Waals surface area contributed by atoms with Crippen molar-refractivity contribution in [2.24, 2.45) is 0 Å². The molecule has 0 radical (unpaired) electrons. The van der Waals surface area contributed by atoms with Crippen LogP contribution in [0, 0.1) is 0 Å². The van der Waals surface area contributed by atoms with E-state index in [1.54, 1.807) is 16.2 Å². The number of nitrogens with one attached hydrogen (secondary N) is 1. The van der Waals surface area contributed by atoms with Gasteiger partial charge < -0.3 is 10.2 Å². The summed E-state index contributed by atoms with van der Waals surface area (Å²) in [6.45, 7) is 3.75. The van der Waals surface area contributed by atoms with E-state index >= 15 is 0 Å². The van der Waals surface area contributed by atoms with Crippen molar-refractivity contribution in [3.05, 3.63) is 21.9 Å². The fourth-order valence-corrected chi connectivity index (χ4v) is 2.72. The number of carbonyl (C=O) groups excluding carboxylic acids is 2. The van der Waals surface area contributed by atoms with Gasteiger partial charge in [0, 0.05) is 30.9 Å². The zero-order chi connectivity index (χ0) is 12.3. The standard InChI is InChI=1S/C12H16N2O2S/c1-2-9-3-4-10(17-9)12(16)14-7-5-11(15)13-6-8-14/h3-4H,2,5-8H2,1H3,(H,13,15). The molecular formula is C12H16N2O2S. The van der Waals surface area contributed by atoms with Gasteiger partial charge in [-0.1, -0.05) is 6.92 Å². The van der Waals surface area contributed by atoms with Gasteiger partial charge in [-0.25, -0.2) is 0 Å². The molecule has 2 amide bonds. The zero-order valence-corrected chi connectivity index (χ0v) is 10.7. The van der Waals surface area contributed by atoms with E-state index in [4.69, 9.17) is 0 Å². The van der Waals surface area contributed by atoms with Crippen molar-refractivity contribution in [3.8, 4) is 0 Å². The Morgan fingerprint density at radius 3 is 3.00 bits per heavy atom. The van der Waals surface area contributed by atoms with Crippen LogP contribution < -0.4 is 5.32 Å². The molecule has 2 heterocycles. The molecule has 0 bridgehead atoms. The van der Waals surface area contributed by atoms with Crippen LogP contribution in [0.2, 0.25) is 0 Å². The first-order valence-corrected chi connectivity index (χ1v) is 6.67. The zero-order valence-electron chi connectivity index (χ0n) is 9.86. The van der Waals surface area contributed by atoms with Crippen molar-refractivity contribution in [3.63, 3.8) is 0 Å². The molecule has 0 aromatic carbocycles. The van der Waals surface area contributed by atoms with Crippen LogP contribution in [0.5, 0.6) is 0 Å². The van der Waals surface area contributed by atoms with E-state index in [2.05, 4.69) is 12.2 Å². The molecule has 0 unspecified atom stereocenters. The van der Waals surface area contributed by atoms with Crippen molar-refractivity contribution in [2.75, 3.05) is 19.6 Å². The van der Waals surface area contributed by atoms with Crippen molar-refractivity contribution in [1.82, 2.24) is 10.2 Å². The van der Waals surface area contributed by atoms with Gasteiger partial charge in [-0.2, -0.15) is 0 Å². The normalized spacial score (nSPS) is 16.5. The third-order valence-electron chi connectivity index (χ3n) is 2.82. The summed E-state index contributed by atoms with van der Waals surface area (Å²) in [5.41, 5.74) is 0. The van der Waals surface area contributed by atoms with E-state index in [-0.39, 0.29) is 11.8 Å². The molecule has 1 fully saturated rings. The molecule has 0 spiro atoms. The first-order valence-electron chi connectivity index (χ1n) is 5.85. The van der Waals surface area contributed by atoms with Crippen LogP contribution in [-0.4, -0.2) is 36.3 Å². The molecule has 4 nitrogen and oxygen atoms in total. The van der Waals surface area contributed by atoms with Crippen LogP contribution in [0.15, 0.2) is 12.1 Å². The predicted octanol–water partition coefficient (Wildman–Crippen LogP) is 1.27. The Balaban J connectivity index is 2.06. The number of aryl methyl sites for hydroxylation is 1. The third-order valence-corrected chi connectivity index (χ3v) is 4.04. The molecule has 1 N–H and O–H groups in total. The quantitative estimate of drug-likeness (QED) is 0.862. The van der Waals surface area contributed by atoms with Gasteiger partial charge >= 0.3 is 0 Å². The van der Waals surface area contributed by atoms with Crippen LogP contribution in [0.4, 0.5) is 0 Å². The Morgan fingerprint density at radius 2 is 2.29 bits per heavy atom. The SMILES string of the molecule is CCc1ccc(C(=O)N2CCNC(=O)CC2)s1. The van der Waals surface area contributed by atoms with E-state index in [1.807, 2.05) is 12.1 Å². The second kappa shape index (κ2) is 5.31. The maximum Gasteiger partial charge on any atom is 0.264 e. The predicted molar refractivity (Wildman–Crippen MR) is 67.2 cm³/mol. The molecular weight excluding hydrogens is 236 g/mol. The summed E-state index contributed by atoms with van der Waals surface area (Å²) in [5.74, 6) is 0.0759. The molecule has 1 aliphatic rings. The lowest BCUT2D eigenvalue weighted by Crippen LogP contribution is -2.33. The average molecular weight is 252 g/mol. The van der Waals surface area contributed by atoms with Crippen molar-refractivity contribution in [2.45, 2.75) is 19.8 Å². The summed E-state index contributed by atoms with van der Waals surface area (Å²) in [4.78, 5) is 27.1. The minimum absolute atomic E-state index is 0.0285. The molecule has 0 atom stereocenters. The largest absolute Gasteiger partial charge is 0.354 e. The second-order valence-corrected chi connectivity index (χ2v) is 5.18. The molecule has 1 aromatic heterocycles.